The topological polar surface area (TPSA) is 129 Å². The molecular weight excluding hydrogens is 362 g/mol. The molecule has 2 saturated heterocycles. The summed E-state index contributed by atoms with van der Waals surface area (Å²) in [5, 5.41) is 10.8. The molecule has 0 spiro atoms. The van der Waals surface area contributed by atoms with Crippen molar-refractivity contribution >= 4 is 7.82 Å². The summed E-state index contributed by atoms with van der Waals surface area (Å²) in [5.41, 5.74) is -3.69. The average molecular weight is 380 g/mol. The number of nitrogens with one attached hydrogen (secondary N) is 1. The minimum absolute atomic E-state index is 0.539. The maximum Gasteiger partial charge on any atom is 0.475 e. The van der Waals surface area contributed by atoms with Gasteiger partial charge in [-0.15, -0.1) is 0 Å². The van der Waals surface area contributed by atoms with Crippen LogP contribution in [-0.2, 0) is 22.9 Å². The van der Waals surface area contributed by atoms with Crippen LogP contribution >= 0.6 is 7.82 Å². The van der Waals surface area contributed by atoms with E-state index in [1.165, 1.54) is 0 Å². The van der Waals surface area contributed by atoms with Gasteiger partial charge in [0.2, 0.25) is 0 Å². The van der Waals surface area contributed by atoms with E-state index in [9.17, 15) is 19.3 Å². The van der Waals surface area contributed by atoms with Gasteiger partial charge in [-0.05, 0) is 20.8 Å². The molecule has 2 aliphatic rings. The molecule has 2 fully saturated rings. The minimum Gasteiger partial charge on any atom is -0.382 e. The zero-order chi connectivity index (χ0) is 18.6. The summed E-state index contributed by atoms with van der Waals surface area (Å²) >= 11 is 0. The van der Waals surface area contributed by atoms with Gasteiger partial charge in [0.15, 0.2) is 12.3 Å². The number of H-pyrrole nitrogens is 1. The second-order valence-electron chi connectivity index (χ2n) is 6.36. The fourth-order valence-corrected chi connectivity index (χ4v) is 4.47. The van der Waals surface area contributed by atoms with Gasteiger partial charge in [0, 0.05) is 12.3 Å². The first-order valence-corrected chi connectivity index (χ1v) is 8.95. The Bertz CT molecular complexity index is 836. The van der Waals surface area contributed by atoms with Crippen molar-refractivity contribution in [1.29, 1.82) is 0 Å². The van der Waals surface area contributed by atoms with Gasteiger partial charge in [0.1, 0.15) is 12.2 Å². The maximum absolute atomic E-state index is 15.1. The lowest BCUT2D eigenvalue weighted by molar-refractivity contribution is -0.221. The number of phosphoric ester groups is 1. The summed E-state index contributed by atoms with van der Waals surface area (Å²) in [6.45, 7) is 3.49. The number of aromatic amines is 1. The van der Waals surface area contributed by atoms with Gasteiger partial charge < -0.3 is 9.84 Å². The molecule has 0 saturated carbocycles. The van der Waals surface area contributed by atoms with Gasteiger partial charge in [0.25, 0.3) is 11.4 Å². The highest BCUT2D eigenvalue weighted by molar-refractivity contribution is 7.48. The van der Waals surface area contributed by atoms with E-state index in [0.717, 1.165) is 23.8 Å². The summed E-state index contributed by atoms with van der Waals surface area (Å²) in [5.74, 6) is -2.67. The molecule has 1 aromatic heterocycles. The van der Waals surface area contributed by atoms with Crippen molar-refractivity contribution in [2.75, 3.05) is 6.61 Å². The Hall–Kier alpha value is -1.36. The number of ether oxygens (including phenoxy) is 1. The highest BCUT2D eigenvalue weighted by Crippen LogP contribution is 2.62. The Labute approximate surface area is 141 Å². The van der Waals surface area contributed by atoms with E-state index >= 15 is 4.39 Å². The number of nitrogens with zero attached hydrogens (tertiary/aromatic N) is 1. The molecule has 3 heterocycles. The normalized spacial score (nSPS) is 41.0. The summed E-state index contributed by atoms with van der Waals surface area (Å²) in [6, 6.07) is 1.01. The monoisotopic (exact) mass is 380 g/mol. The van der Waals surface area contributed by atoms with Gasteiger partial charge in [-0.2, -0.15) is 0 Å². The predicted octanol–water partition coefficient (Wildman–Crippen LogP) is 0.431. The molecule has 0 amide bonds. The van der Waals surface area contributed by atoms with Crippen LogP contribution in [0.15, 0.2) is 21.9 Å². The third-order valence-electron chi connectivity index (χ3n) is 3.83. The fraction of sp³-hybridized carbons (Fsp3) is 0.692. The number of alkyl halides is 1. The fourth-order valence-electron chi connectivity index (χ4n) is 2.82. The Morgan fingerprint density at radius 2 is 2.20 bits per heavy atom. The second kappa shape index (κ2) is 5.83. The molecule has 0 radical (unpaired) electrons. The van der Waals surface area contributed by atoms with Crippen LogP contribution in [0.5, 0.6) is 0 Å². The van der Waals surface area contributed by atoms with Crippen LogP contribution in [0, 0.1) is 0 Å². The first-order valence-electron chi connectivity index (χ1n) is 7.49. The van der Waals surface area contributed by atoms with Crippen molar-refractivity contribution < 1.29 is 32.4 Å². The van der Waals surface area contributed by atoms with Crippen LogP contribution in [0.25, 0.3) is 0 Å². The van der Waals surface area contributed by atoms with Crippen molar-refractivity contribution in [1.82, 2.24) is 9.55 Å². The molecule has 25 heavy (non-hydrogen) atoms. The van der Waals surface area contributed by atoms with Crippen LogP contribution in [-0.4, -0.2) is 44.9 Å². The molecule has 5 unspecified atom stereocenters. The van der Waals surface area contributed by atoms with Gasteiger partial charge in [0.05, 0.1) is 6.10 Å². The van der Waals surface area contributed by atoms with E-state index in [2.05, 4.69) is 0 Å². The van der Waals surface area contributed by atoms with Crippen LogP contribution in [0.3, 0.4) is 0 Å². The first-order chi connectivity index (χ1) is 11.5. The number of hydrogen-bond donors (Lipinski definition) is 2. The van der Waals surface area contributed by atoms with Crippen molar-refractivity contribution in [3.8, 4) is 0 Å². The Morgan fingerprint density at radius 1 is 1.52 bits per heavy atom. The number of rotatable bonds is 3. The quantitative estimate of drug-likeness (QED) is 0.723. The van der Waals surface area contributed by atoms with Crippen LogP contribution in [0.2, 0.25) is 0 Å². The van der Waals surface area contributed by atoms with Gasteiger partial charge in [-0.1, -0.05) is 0 Å². The number of phosphoric acid groups is 1. The van der Waals surface area contributed by atoms with Gasteiger partial charge >= 0.3 is 13.5 Å². The van der Waals surface area contributed by atoms with Crippen LogP contribution < -0.4 is 11.2 Å². The molecule has 2 N–H and O–H groups in total. The maximum atomic E-state index is 15.1. The lowest BCUT2D eigenvalue weighted by Gasteiger charge is -2.37. The average Bonchev–Trinajstić information content (AvgIpc) is 2.67. The number of aromatic nitrogens is 2. The first kappa shape index (κ1) is 18.4. The molecule has 140 valence electrons. The largest absolute Gasteiger partial charge is 0.475 e. The third kappa shape index (κ3) is 3.12. The molecule has 0 bridgehead atoms. The predicted molar refractivity (Wildman–Crippen MR) is 80.6 cm³/mol. The molecule has 3 rings (SSSR count). The lowest BCUT2D eigenvalue weighted by Crippen LogP contribution is -2.53. The lowest BCUT2D eigenvalue weighted by atomic mass is 9.95. The number of hydrogen-bond acceptors (Lipinski definition) is 8. The summed E-state index contributed by atoms with van der Waals surface area (Å²) in [6.07, 6.45) is -2.79. The smallest absolute Gasteiger partial charge is 0.382 e. The zero-order valence-electron chi connectivity index (χ0n) is 13.7. The van der Waals surface area contributed by atoms with Crippen molar-refractivity contribution in [2.45, 2.75) is 50.7 Å². The van der Waals surface area contributed by atoms with Crippen LogP contribution in [0.4, 0.5) is 4.39 Å². The van der Waals surface area contributed by atoms with E-state index in [4.69, 9.17) is 18.3 Å². The number of halogens is 1. The molecule has 1 aromatic rings. The van der Waals surface area contributed by atoms with Crippen molar-refractivity contribution in [3.05, 3.63) is 33.1 Å². The van der Waals surface area contributed by atoms with E-state index in [1.54, 1.807) is 13.8 Å². The second-order valence-corrected chi connectivity index (χ2v) is 7.93. The van der Waals surface area contributed by atoms with Gasteiger partial charge in [-0.3, -0.25) is 27.9 Å². The Balaban J connectivity index is 1.98. The SMILES string of the molecule is CC(C)OP1(=O)OCC2(F)OC(n3ccc(=O)[nH]c3=O)C(C)(O)C2O1. The molecule has 0 aromatic carbocycles. The molecule has 0 aliphatic carbocycles. The summed E-state index contributed by atoms with van der Waals surface area (Å²) < 4.78 is 48.6. The zero-order valence-corrected chi connectivity index (χ0v) is 14.6. The van der Waals surface area contributed by atoms with E-state index in [-0.39, 0.29) is 0 Å². The van der Waals surface area contributed by atoms with Crippen LogP contribution in [0.1, 0.15) is 27.0 Å². The van der Waals surface area contributed by atoms with E-state index in [1.807, 2.05) is 4.98 Å². The number of aliphatic hydroxyl groups is 1. The summed E-state index contributed by atoms with van der Waals surface area (Å²) in [7, 11) is -4.13. The van der Waals surface area contributed by atoms with Gasteiger partial charge in [-0.25, -0.2) is 13.8 Å². The van der Waals surface area contributed by atoms with Crippen molar-refractivity contribution in [2.24, 2.45) is 0 Å². The molecular formula is C13H18FN2O8P. The highest BCUT2D eigenvalue weighted by Gasteiger charge is 2.69. The standard InChI is InChI=1S/C13H18FN2O8P/c1-7(2)23-25(20)21-6-13(14)9(24-25)12(3,19)10(22-13)16-5-4-8(17)15-11(16)18/h4-5,7,9-10,19H,6H2,1-3H3,(H,15,17,18). The third-order valence-corrected chi connectivity index (χ3v) is 5.42. The highest BCUT2D eigenvalue weighted by atomic mass is 31.2. The van der Waals surface area contributed by atoms with E-state index < -0.39 is 55.6 Å². The Morgan fingerprint density at radius 3 is 2.80 bits per heavy atom. The molecule has 5 atom stereocenters. The molecule has 12 heteroatoms. The number of fused-ring (bicyclic) bond motifs is 1. The van der Waals surface area contributed by atoms with Crippen molar-refractivity contribution in [3.63, 3.8) is 0 Å². The minimum atomic E-state index is -4.13. The summed E-state index contributed by atoms with van der Waals surface area (Å²) in [4.78, 5) is 25.1. The Kier molecular flexibility index (Phi) is 4.30. The van der Waals surface area contributed by atoms with E-state index in [0.29, 0.717) is 0 Å². The molecule has 10 nitrogen and oxygen atoms in total. The molecule has 2 aliphatic heterocycles.